The summed E-state index contributed by atoms with van der Waals surface area (Å²) in [6.07, 6.45) is 0. The van der Waals surface area contributed by atoms with Gasteiger partial charge in [-0.05, 0) is 47.9 Å². The predicted octanol–water partition coefficient (Wildman–Crippen LogP) is 7.52. The van der Waals surface area contributed by atoms with E-state index in [1.165, 1.54) is 18.2 Å². The molecule has 0 saturated carbocycles. The van der Waals surface area contributed by atoms with Crippen LogP contribution in [0, 0.1) is 0 Å². The van der Waals surface area contributed by atoms with Gasteiger partial charge in [0.2, 0.25) is 0 Å². The molecule has 34 heavy (non-hydrogen) atoms. The summed E-state index contributed by atoms with van der Waals surface area (Å²) in [4.78, 5) is 0. The third-order valence-corrected chi connectivity index (χ3v) is 5.36. The number of aromatic hydroxyl groups is 3. The van der Waals surface area contributed by atoms with Crippen LogP contribution in [0.15, 0.2) is 105 Å². The Labute approximate surface area is 194 Å². The lowest BCUT2D eigenvalue weighted by Gasteiger charge is -2.06. The Morgan fingerprint density at radius 1 is 0.529 bits per heavy atom. The number of benzene rings is 5. The molecule has 0 unspecified atom stereocenters. The van der Waals surface area contributed by atoms with Crippen LogP contribution in [-0.2, 0) is 0 Å². The molecule has 0 heterocycles. The van der Waals surface area contributed by atoms with Crippen LogP contribution in [0.1, 0.15) is 0 Å². The van der Waals surface area contributed by atoms with Crippen molar-refractivity contribution in [2.45, 2.75) is 0 Å². The first-order valence-electron chi connectivity index (χ1n) is 10.4. The van der Waals surface area contributed by atoms with Gasteiger partial charge in [0.25, 0.3) is 0 Å². The molecule has 0 aliphatic heterocycles. The van der Waals surface area contributed by atoms with E-state index in [-0.39, 0.29) is 22.9 Å². The number of phenolic OH excluding ortho intramolecular Hbond substituents is 3. The van der Waals surface area contributed by atoms with Gasteiger partial charge in [-0.25, -0.2) is 0 Å². The fourth-order valence-electron chi connectivity index (χ4n) is 3.64. The Kier molecular flexibility index (Phi) is 5.23. The van der Waals surface area contributed by atoms with Gasteiger partial charge in [-0.15, -0.1) is 20.5 Å². The standard InChI is InChI=1S/C26H19N5O3/c27-16-7-5-15-6-9-24(26(34)20(15)13-16)31-29-22-12-11-21(18-3-1-2-4-19(18)22)28-30-23-10-8-17(32)14-25(23)33/h1-14,32-34H,27H2. The van der Waals surface area contributed by atoms with Gasteiger partial charge < -0.3 is 21.1 Å². The van der Waals surface area contributed by atoms with E-state index in [0.717, 1.165) is 16.2 Å². The molecule has 0 radical (unpaired) electrons. The number of phenols is 3. The minimum Gasteiger partial charge on any atom is -0.508 e. The van der Waals surface area contributed by atoms with Crippen LogP contribution < -0.4 is 5.73 Å². The van der Waals surface area contributed by atoms with Crippen LogP contribution in [0.3, 0.4) is 0 Å². The highest BCUT2D eigenvalue weighted by Crippen LogP contribution is 2.39. The van der Waals surface area contributed by atoms with E-state index in [0.29, 0.717) is 28.1 Å². The summed E-state index contributed by atoms with van der Waals surface area (Å²) in [7, 11) is 0. The number of hydrogen-bond donors (Lipinski definition) is 4. The normalized spacial score (nSPS) is 11.8. The van der Waals surface area contributed by atoms with Crippen LogP contribution in [0.2, 0.25) is 0 Å². The smallest absolute Gasteiger partial charge is 0.150 e. The minimum atomic E-state index is -0.171. The second kappa shape index (κ2) is 8.51. The van der Waals surface area contributed by atoms with E-state index in [1.807, 2.05) is 36.4 Å². The summed E-state index contributed by atoms with van der Waals surface area (Å²) >= 11 is 0. The second-order valence-corrected chi connectivity index (χ2v) is 7.64. The highest BCUT2D eigenvalue weighted by Gasteiger charge is 2.09. The summed E-state index contributed by atoms with van der Waals surface area (Å²) in [6.45, 7) is 0. The van der Waals surface area contributed by atoms with Crippen molar-refractivity contribution in [3.8, 4) is 17.2 Å². The lowest BCUT2D eigenvalue weighted by atomic mass is 10.1. The molecule has 0 atom stereocenters. The quantitative estimate of drug-likeness (QED) is 0.166. The number of hydrogen-bond acceptors (Lipinski definition) is 8. The molecular formula is C26H19N5O3. The topological polar surface area (TPSA) is 136 Å². The lowest BCUT2D eigenvalue weighted by Crippen LogP contribution is -1.84. The largest absolute Gasteiger partial charge is 0.508 e. The van der Waals surface area contributed by atoms with Gasteiger partial charge in [0, 0.05) is 27.9 Å². The van der Waals surface area contributed by atoms with Gasteiger partial charge in [0.15, 0.2) is 5.75 Å². The maximum Gasteiger partial charge on any atom is 0.150 e. The maximum atomic E-state index is 10.7. The van der Waals surface area contributed by atoms with E-state index >= 15 is 0 Å². The summed E-state index contributed by atoms with van der Waals surface area (Å²) in [5.74, 6) is -0.218. The van der Waals surface area contributed by atoms with Crippen molar-refractivity contribution in [3.63, 3.8) is 0 Å². The van der Waals surface area contributed by atoms with Gasteiger partial charge >= 0.3 is 0 Å². The second-order valence-electron chi connectivity index (χ2n) is 7.64. The molecule has 0 aromatic heterocycles. The zero-order valence-electron chi connectivity index (χ0n) is 17.8. The lowest BCUT2D eigenvalue weighted by molar-refractivity contribution is 0.451. The molecule has 5 aromatic carbocycles. The van der Waals surface area contributed by atoms with Crippen molar-refractivity contribution in [3.05, 3.63) is 84.9 Å². The molecule has 0 aliphatic rings. The Morgan fingerprint density at radius 2 is 1.09 bits per heavy atom. The van der Waals surface area contributed by atoms with Crippen molar-refractivity contribution in [1.29, 1.82) is 0 Å². The van der Waals surface area contributed by atoms with Gasteiger partial charge in [-0.3, -0.25) is 0 Å². The Balaban J connectivity index is 1.52. The molecule has 5 aromatic rings. The summed E-state index contributed by atoms with van der Waals surface area (Å²) < 4.78 is 0. The number of anilines is 1. The van der Waals surface area contributed by atoms with E-state index in [2.05, 4.69) is 20.5 Å². The van der Waals surface area contributed by atoms with E-state index in [9.17, 15) is 15.3 Å². The molecule has 8 heteroatoms. The molecule has 0 amide bonds. The number of azo groups is 2. The van der Waals surface area contributed by atoms with E-state index < -0.39 is 0 Å². The van der Waals surface area contributed by atoms with Crippen molar-refractivity contribution in [2.75, 3.05) is 5.73 Å². The zero-order valence-corrected chi connectivity index (χ0v) is 17.8. The summed E-state index contributed by atoms with van der Waals surface area (Å²) in [5, 5.41) is 50.1. The zero-order chi connectivity index (χ0) is 23.7. The van der Waals surface area contributed by atoms with Crippen LogP contribution >= 0.6 is 0 Å². The highest BCUT2D eigenvalue weighted by molar-refractivity contribution is 6.00. The average Bonchev–Trinajstić information content (AvgIpc) is 2.84. The minimum absolute atomic E-state index is 0.0111. The van der Waals surface area contributed by atoms with Gasteiger partial charge in [0.05, 0.1) is 11.4 Å². The predicted molar refractivity (Wildman–Crippen MR) is 132 cm³/mol. The first-order chi connectivity index (χ1) is 16.5. The Hall–Kier alpha value is -4.98. The SMILES string of the molecule is Nc1ccc2ccc(N=Nc3ccc(N=Nc4ccc(O)cc4O)c4ccccc34)c(O)c2c1. The van der Waals surface area contributed by atoms with E-state index in [4.69, 9.17) is 5.73 Å². The maximum absolute atomic E-state index is 10.7. The Morgan fingerprint density at radius 3 is 1.76 bits per heavy atom. The van der Waals surface area contributed by atoms with Crippen LogP contribution in [0.25, 0.3) is 21.5 Å². The molecule has 5 rings (SSSR count). The third-order valence-electron chi connectivity index (χ3n) is 5.36. The average molecular weight is 449 g/mol. The van der Waals surface area contributed by atoms with Gasteiger partial charge in [-0.2, -0.15) is 0 Å². The molecule has 0 aliphatic carbocycles. The third kappa shape index (κ3) is 3.95. The van der Waals surface area contributed by atoms with E-state index in [1.54, 1.807) is 30.3 Å². The molecule has 166 valence electrons. The molecule has 8 nitrogen and oxygen atoms in total. The monoisotopic (exact) mass is 449 g/mol. The van der Waals surface area contributed by atoms with Gasteiger partial charge in [0.1, 0.15) is 22.9 Å². The molecule has 0 spiro atoms. The van der Waals surface area contributed by atoms with Crippen molar-refractivity contribution in [2.24, 2.45) is 20.5 Å². The molecule has 0 bridgehead atoms. The number of nitrogens with zero attached hydrogens (tertiary/aromatic N) is 4. The number of rotatable bonds is 4. The molecular weight excluding hydrogens is 430 g/mol. The highest BCUT2D eigenvalue weighted by atomic mass is 16.3. The van der Waals surface area contributed by atoms with Gasteiger partial charge in [-0.1, -0.05) is 36.4 Å². The van der Waals surface area contributed by atoms with Crippen molar-refractivity contribution in [1.82, 2.24) is 0 Å². The number of nitrogens with two attached hydrogens (primary N) is 1. The fraction of sp³-hybridized carbons (Fsp3) is 0. The van der Waals surface area contributed by atoms with Crippen LogP contribution in [0.4, 0.5) is 28.4 Å². The Bertz CT molecular complexity index is 1610. The summed E-state index contributed by atoms with van der Waals surface area (Å²) in [5.41, 5.74) is 8.13. The van der Waals surface area contributed by atoms with Crippen LogP contribution in [-0.4, -0.2) is 15.3 Å². The van der Waals surface area contributed by atoms with Crippen molar-refractivity contribution < 1.29 is 15.3 Å². The first-order valence-corrected chi connectivity index (χ1v) is 10.4. The number of fused-ring (bicyclic) bond motifs is 2. The summed E-state index contributed by atoms with van der Waals surface area (Å²) in [6, 6.07) is 24.0. The number of nitrogen functional groups attached to an aromatic ring is 1. The van der Waals surface area contributed by atoms with Crippen LogP contribution in [0.5, 0.6) is 17.2 Å². The van der Waals surface area contributed by atoms with Crippen molar-refractivity contribution >= 4 is 50.0 Å². The molecule has 5 N–H and O–H groups in total. The molecule has 0 fully saturated rings. The molecule has 0 saturated heterocycles. The fourth-order valence-corrected chi connectivity index (χ4v) is 3.64. The first kappa shape index (κ1) is 20.9.